The summed E-state index contributed by atoms with van der Waals surface area (Å²) in [5.41, 5.74) is 3.70. The summed E-state index contributed by atoms with van der Waals surface area (Å²) in [7, 11) is 2.05. The Balaban J connectivity index is 1.30. The zero-order valence-corrected chi connectivity index (χ0v) is 17.0. The van der Waals surface area contributed by atoms with Crippen LogP contribution in [-0.2, 0) is 6.42 Å². The molecule has 0 aliphatic carbocycles. The molecule has 4 rings (SSSR count). The third-order valence-corrected chi connectivity index (χ3v) is 5.21. The van der Waals surface area contributed by atoms with Crippen LogP contribution >= 0.6 is 0 Å². The Hall–Kier alpha value is -3.32. The summed E-state index contributed by atoms with van der Waals surface area (Å²) in [5.74, 6) is 0.900. The molecule has 2 heterocycles. The molecule has 6 nitrogen and oxygen atoms in total. The van der Waals surface area contributed by atoms with Crippen LogP contribution in [-0.4, -0.2) is 38.9 Å². The highest BCUT2D eigenvalue weighted by Gasteiger charge is 2.19. The van der Waals surface area contributed by atoms with Crippen LogP contribution in [0.15, 0.2) is 65.1 Å². The zero-order valence-electron chi connectivity index (χ0n) is 17.0. The fourth-order valence-electron chi connectivity index (χ4n) is 3.26. The van der Waals surface area contributed by atoms with Gasteiger partial charge in [-0.15, -0.1) is 10.2 Å². The molecule has 0 bridgehead atoms. The molecule has 7 heteroatoms. The number of H-pyrrole nitrogens is 1. The number of rotatable bonds is 8. The molecule has 0 radical (unpaired) electrons. The van der Waals surface area contributed by atoms with Gasteiger partial charge in [0.2, 0.25) is 11.8 Å². The number of aromatic amines is 1. The highest BCUT2D eigenvalue weighted by Crippen LogP contribution is 2.23. The Morgan fingerprint density at radius 2 is 1.80 bits per heavy atom. The lowest BCUT2D eigenvalue weighted by Gasteiger charge is -2.21. The quantitative estimate of drug-likeness (QED) is 0.452. The van der Waals surface area contributed by atoms with Gasteiger partial charge in [-0.3, -0.25) is 10.00 Å². The summed E-state index contributed by atoms with van der Waals surface area (Å²) in [5, 5.41) is 15.8. The fraction of sp³-hybridized carbons (Fsp3) is 0.261. The maximum Gasteiger partial charge on any atom is 0.247 e. The van der Waals surface area contributed by atoms with Crippen LogP contribution in [0.25, 0.3) is 22.7 Å². The van der Waals surface area contributed by atoms with E-state index >= 15 is 0 Å². The van der Waals surface area contributed by atoms with Crippen LogP contribution in [0.3, 0.4) is 0 Å². The molecule has 0 spiro atoms. The van der Waals surface area contributed by atoms with Gasteiger partial charge in [-0.1, -0.05) is 18.2 Å². The van der Waals surface area contributed by atoms with Crippen molar-refractivity contribution in [3.05, 3.63) is 78.1 Å². The molecule has 0 aliphatic rings. The monoisotopic (exact) mass is 405 g/mol. The van der Waals surface area contributed by atoms with Gasteiger partial charge in [0.25, 0.3) is 0 Å². The maximum atomic E-state index is 13.1. The first-order chi connectivity index (χ1) is 14.6. The third-order valence-electron chi connectivity index (χ3n) is 5.21. The Morgan fingerprint density at radius 3 is 2.57 bits per heavy atom. The molecule has 1 N–H and O–H groups in total. The van der Waals surface area contributed by atoms with E-state index in [1.54, 1.807) is 12.1 Å². The summed E-state index contributed by atoms with van der Waals surface area (Å²) in [4.78, 5) is 2.19. The SMILES string of the molecule is CC(c1nnc(-c2ccccc2)o1)N(C)CCCc1cc(-c2ccc(F)cc2)n[nH]1. The number of halogens is 1. The molecule has 4 aromatic rings. The van der Waals surface area contributed by atoms with Crippen molar-refractivity contribution in [1.82, 2.24) is 25.3 Å². The van der Waals surface area contributed by atoms with Gasteiger partial charge in [0.15, 0.2) is 0 Å². The number of nitrogens with one attached hydrogen (secondary N) is 1. The van der Waals surface area contributed by atoms with Crippen molar-refractivity contribution >= 4 is 0 Å². The molecule has 1 unspecified atom stereocenters. The van der Waals surface area contributed by atoms with Crippen molar-refractivity contribution in [3.63, 3.8) is 0 Å². The van der Waals surface area contributed by atoms with E-state index in [0.29, 0.717) is 11.8 Å². The van der Waals surface area contributed by atoms with Gasteiger partial charge in [0.05, 0.1) is 11.7 Å². The summed E-state index contributed by atoms with van der Waals surface area (Å²) in [6, 6.07) is 18.2. The van der Waals surface area contributed by atoms with Crippen LogP contribution in [0.1, 0.15) is 31.0 Å². The summed E-state index contributed by atoms with van der Waals surface area (Å²) in [6.07, 6.45) is 1.82. The predicted molar refractivity (Wildman–Crippen MR) is 113 cm³/mol. The lowest BCUT2D eigenvalue weighted by molar-refractivity contribution is 0.223. The van der Waals surface area contributed by atoms with E-state index in [1.165, 1.54) is 12.1 Å². The second-order valence-electron chi connectivity index (χ2n) is 7.36. The van der Waals surface area contributed by atoms with Crippen molar-refractivity contribution in [1.29, 1.82) is 0 Å². The number of benzene rings is 2. The number of nitrogens with zero attached hydrogens (tertiary/aromatic N) is 4. The smallest absolute Gasteiger partial charge is 0.247 e. The van der Waals surface area contributed by atoms with Crippen molar-refractivity contribution in [3.8, 4) is 22.7 Å². The first-order valence-electron chi connectivity index (χ1n) is 9.99. The molecule has 154 valence electrons. The van der Waals surface area contributed by atoms with E-state index in [9.17, 15) is 4.39 Å². The standard InChI is InChI=1S/C23H24FN5O/c1-16(22-27-28-23(30-22)18-7-4-3-5-8-18)29(2)14-6-9-20-15-21(26-25-20)17-10-12-19(24)13-11-17/h3-5,7-8,10-13,15-16H,6,9,14H2,1-2H3,(H,25,26). The molecule has 2 aromatic heterocycles. The predicted octanol–water partition coefficient (Wildman–Crippen LogP) is 4.89. The number of aryl methyl sites for hydroxylation is 1. The number of aromatic nitrogens is 4. The van der Waals surface area contributed by atoms with Crippen LogP contribution < -0.4 is 0 Å². The third kappa shape index (κ3) is 4.63. The zero-order chi connectivity index (χ0) is 20.9. The molecule has 0 saturated carbocycles. The van der Waals surface area contributed by atoms with Crippen LogP contribution in [0.5, 0.6) is 0 Å². The number of hydrogen-bond acceptors (Lipinski definition) is 5. The normalized spacial score (nSPS) is 12.4. The molecular formula is C23H24FN5O. The second-order valence-corrected chi connectivity index (χ2v) is 7.36. The molecule has 0 aliphatic heterocycles. The molecular weight excluding hydrogens is 381 g/mol. The van der Waals surface area contributed by atoms with Gasteiger partial charge in [-0.25, -0.2) is 4.39 Å². The lowest BCUT2D eigenvalue weighted by Crippen LogP contribution is -2.24. The Bertz CT molecular complexity index is 1070. The average molecular weight is 405 g/mol. The molecule has 0 saturated heterocycles. The van der Waals surface area contributed by atoms with E-state index in [-0.39, 0.29) is 11.9 Å². The molecule has 0 amide bonds. The van der Waals surface area contributed by atoms with Gasteiger partial charge in [-0.05, 0) is 75.8 Å². The number of hydrogen-bond donors (Lipinski definition) is 1. The van der Waals surface area contributed by atoms with Crippen molar-refractivity contribution in [2.75, 3.05) is 13.6 Å². The molecule has 2 aromatic carbocycles. The van der Waals surface area contributed by atoms with Gasteiger partial charge in [0, 0.05) is 16.8 Å². The maximum absolute atomic E-state index is 13.1. The largest absolute Gasteiger partial charge is 0.419 e. The minimum atomic E-state index is -0.246. The van der Waals surface area contributed by atoms with Gasteiger partial charge in [-0.2, -0.15) is 5.10 Å². The van der Waals surface area contributed by atoms with Gasteiger partial charge < -0.3 is 4.42 Å². The summed E-state index contributed by atoms with van der Waals surface area (Å²) >= 11 is 0. The minimum Gasteiger partial charge on any atom is -0.419 e. The first kappa shape index (κ1) is 20.0. The van der Waals surface area contributed by atoms with Gasteiger partial charge in [0.1, 0.15) is 5.82 Å². The highest BCUT2D eigenvalue weighted by molar-refractivity contribution is 5.59. The van der Waals surface area contributed by atoms with Crippen molar-refractivity contribution in [2.45, 2.75) is 25.8 Å². The van der Waals surface area contributed by atoms with E-state index in [0.717, 1.165) is 41.9 Å². The van der Waals surface area contributed by atoms with E-state index < -0.39 is 0 Å². The summed E-state index contributed by atoms with van der Waals surface area (Å²) in [6.45, 7) is 2.93. The van der Waals surface area contributed by atoms with Crippen LogP contribution in [0.4, 0.5) is 4.39 Å². The van der Waals surface area contributed by atoms with Gasteiger partial charge >= 0.3 is 0 Å². The van der Waals surface area contributed by atoms with Crippen molar-refractivity contribution < 1.29 is 8.81 Å². The molecule has 1 atom stereocenters. The van der Waals surface area contributed by atoms with Crippen molar-refractivity contribution in [2.24, 2.45) is 0 Å². The Kier molecular flexibility index (Phi) is 5.99. The Morgan fingerprint density at radius 1 is 1.03 bits per heavy atom. The lowest BCUT2D eigenvalue weighted by atomic mass is 10.1. The minimum absolute atomic E-state index is 0.0199. The average Bonchev–Trinajstić information content (AvgIpc) is 3.44. The van der Waals surface area contributed by atoms with E-state index in [2.05, 4.69) is 32.2 Å². The molecule has 30 heavy (non-hydrogen) atoms. The first-order valence-corrected chi connectivity index (χ1v) is 9.99. The molecule has 0 fully saturated rings. The fourth-order valence-corrected chi connectivity index (χ4v) is 3.26. The van der Waals surface area contributed by atoms with E-state index in [4.69, 9.17) is 4.42 Å². The Labute approximate surface area is 174 Å². The van der Waals surface area contributed by atoms with E-state index in [1.807, 2.05) is 43.4 Å². The second kappa shape index (κ2) is 9.00. The summed E-state index contributed by atoms with van der Waals surface area (Å²) < 4.78 is 18.9. The topological polar surface area (TPSA) is 70.8 Å². The van der Waals surface area contributed by atoms with Crippen LogP contribution in [0.2, 0.25) is 0 Å². The van der Waals surface area contributed by atoms with Crippen LogP contribution in [0, 0.1) is 5.82 Å². The highest BCUT2D eigenvalue weighted by atomic mass is 19.1.